The van der Waals surface area contributed by atoms with Gasteiger partial charge in [-0.1, -0.05) is 0 Å². The fourth-order valence-corrected chi connectivity index (χ4v) is 4.26. The molecule has 3 aromatic heterocycles. The van der Waals surface area contributed by atoms with E-state index in [2.05, 4.69) is 31.3 Å². The predicted octanol–water partition coefficient (Wildman–Crippen LogP) is 3.95. The number of thiophene rings is 1. The number of hydrogen-bond acceptors (Lipinski definition) is 5. The lowest BCUT2D eigenvalue weighted by molar-refractivity contribution is -0.141. The van der Waals surface area contributed by atoms with Gasteiger partial charge in [0.2, 0.25) is 0 Å². The summed E-state index contributed by atoms with van der Waals surface area (Å²) in [6.45, 7) is 3.65. The second kappa shape index (κ2) is 7.17. The monoisotopic (exact) mass is 475 g/mol. The van der Waals surface area contributed by atoms with Crippen molar-refractivity contribution in [2.45, 2.75) is 26.6 Å². The van der Waals surface area contributed by atoms with E-state index in [4.69, 9.17) is 5.73 Å². The number of fused-ring (bicyclic) bond motifs is 1. The third-order valence-electron chi connectivity index (χ3n) is 3.92. The van der Waals surface area contributed by atoms with Crippen LogP contribution in [0.1, 0.15) is 38.3 Å². The molecule has 2 amide bonds. The minimum Gasteiger partial charge on any atom is -0.365 e. The molecule has 0 fully saturated rings. The maximum atomic E-state index is 13.1. The third kappa shape index (κ3) is 3.49. The molecule has 3 aromatic rings. The number of aryl methyl sites for hydroxylation is 2. The molecule has 0 atom stereocenters. The maximum absolute atomic E-state index is 13.1. The van der Waals surface area contributed by atoms with Gasteiger partial charge in [0, 0.05) is 11.9 Å². The highest BCUT2D eigenvalue weighted by Crippen LogP contribution is 2.40. The molecule has 0 unspecified atom stereocenters. The first-order valence-corrected chi connectivity index (χ1v) is 9.49. The number of carbonyl (C=O) groups excluding carboxylic acids is 2. The fourth-order valence-electron chi connectivity index (χ4n) is 2.72. The number of nitrogens with one attached hydrogen (secondary N) is 1. The number of amides is 2. The first-order valence-electron chi connectivity index (χ1n) is 7.88. The number of aromatic nitrogens is 3. The van der Waals surface area contributed by atoms with Crippen LogP contribution in [0, 0.1) is 6.92 Å². The van der Waals surface area contributed by atoms with Crippen LogP contribution in [0.15, 0.2) is 16.7 Å². The van der Waals surface area contributed by atoms with Gasteiger partial charge in [-0.25, -0.2) is 4.98 Å². The summed E-state index contributed by atoms with van der Waals surface area (Å²) >= 11 is 3.93. The Morgan fingerprint density at radius 2 is 2.07 bits per heavy atom. The highest BCUT2D eigenvalue weighted by Gasteiger charge is 2.34. The molecule has 0 aromatic carbocycles. The van der Waals surface area contributed by atoms with Crippen LogP contribution < -0.4 is 11.1 Å². The number of nitrogens with zero attached hydrogens (tertiary/aromatic N) is 3. The van der Waals surface area contributed by atoms with Gasteiger partial charge in [0.25, 0.3) is 11.8 Å². The van der Waals surface area contributed by atoms with Crippen LogP contribution in [0.3, 0.4) is 0 Å². The van der Waals surface area contributed by atoms with Crippen molar-refractivity contribution < 1.29 is 22.8 Å². The van der Waals surface area contributed by atoms with E-state index in [1.807, 2.05) is 0 Å². The van der Waals surface area contributed by atoms with E-state index in [1.54, 1.807) is 6.92 Å². The van der Waals surface area contributed by atoms with E-state index < -0.39 is 23.7 Å². The first kappa shape index (κ1) is 20.3. The van der Waals surface area contributed by atoms with Crippen molar-refractivity contribution in [3.8, 4) is 0 Å². The van der Waals surface area contributed by atoms with Gasteiger partial charge in [0.15, 0.2) is 0 Å². The third-order valence-corrected chi connectivity index (χ3v) is 5.60. The number of alkyl halides is 3. The Bertz CT molecular complexity index is 1110. The van der Waals surface area contributed by atoms with Crippen molar-refractivity contribution in [1.82, 2.24) is 14.8 Å². The van der Waals surface area contributed by atoms with Crippen molar-refractivity contribution >= 4 is 55.0 Å². The summed E-state index contributed by atoms with van der Waals surface area (Å²) in [6.07, 6.45) is -3.20. The van der Waals surface area contributed by atoms with Crippen LogP contribution >= 0.6 is 27.3 Å². The quantitative estimate of drug-likeness (QED) is 0.595. The zero-order chi connectivity index (χ0) is 20.8. The molecule has 3 N–H and O–H groups in total. The normalized spacial score (nSPS) is 11.8. The molecule has 0 spiro atoms. The van der Waals surface area contributed by atoms with E-state index in [1.165, 1.54) is 17.8 Å². The number of hydrogen-bond donors (Lipinski definition) is 2. The van der Waals surface area contributed by atoms with E-state index in [9.17, 15) is 22.8 Å². The number of pyridine rings is 1. The van der Waals surface area contributed by atoms with Crippen molar-refractivity contribution in [2.24, 2.45) is 5.73 Å². The number of rotatable bonds is 4. The number of halogens is 4. The number of primary amides is 1. The van der Waals surface area contributed by atoms with Crippen molar-refractivity contribution in [1.29, 1.82) is 0 Å². The van der Waals surface area contributed by atoms with Crippen LogP contribution in [0.5, 0.6) is 0 Å². The minimum absolute atomic E-state index is 0.0342. The number of anilines is 1. The molecular weight excluding hydrogens is 463 g/mol. The molecule has 28 heavy (non-hydrogen) atoms. The van der Waals surface area contributed by atoms with E-state index in [0.717, 1.165) is 6.07 Å². The zero-order valence-corrected chi connectivity index (χ0v) is 16.9. The van der Waals surface area contributed by atoms with Gasteiger partial charge in [-0.15, -0.1) is 11.3 Å². The first-order chi connectivity index (χ1) is 13.0. The van der Waals surface area contributed by atoms with Crippen molar-refractivity contribution in [3.05, 3.63) is 38.6 Å². The molecule has 148 valence electrons. The van der Waals surface area contributed by atoms with E-state index in [0.29, 0.717) is 22.4 Å². The smallest absolute Gasteiger partial charge is 0.365 e. The molecule has 0 aliphatic heterocycles. The lowest BCUT2D eigenvalue weighted by Gasteiger charge is -2.10. The highest BCUT2D eigenvalue weighted by molar-refractivity contribution is 9.10. The van der Waals surface area contributed by atoms with Gasteiger partial charge < -0.3 is 11.1 Å². The summed E-state index contributed by atoms with van der Waals surface area (Å²) < 4.78 is 41.0. The van der Waals surface area contributed by atoms with Gasteiger partial charge in [0.05, 0.1) is 16.4 Å². The van der Waals surface area contributed by atoms with E-state index in [-0.39, 0.29) is 32.0 Å². The second-order valence-electron chi connectivity index (χ2n) is 5.78. The van der Waals surface area contributed by atoms with Crippen molar-refractivity contribution in [2.75, 3.05) is 5.32 Å². The summed E-state index contributed by atoms with van der Waals surface area (Å²) in [6, 6.07) is 0.863. The van der Waals surface area contributed by atoms with Crippen molar-refractivity contribution in [3.63, 3.8) is 0 Å². The average Bonchev–Trinajstić information content (AvgIpc) is 3.14. The molecule has 0 radical (unpaired) electrons. The molecule has 0 bridgehead atoms. The Hall–Kier alpha value is -2.47. The lowest BCUT2D eigenvalue weighted by atomic mass is 10.1. The Morgan fingerprint density at radius 1 is 1.39 bits per heavy atom. The Kier molecular flexibility index (Phi) is 5.19. The summed E-state index contributed by atoms with van der Waals surface area (Å²) in [7, 11) is 0. The Balaban J connectivity index is 2.17. The van der Waals surface area contributed by atoms with Crippen LogP contribution in [-0.4, -0.2) is 26.6 Å². The summed E-state index contributed by atoms with van der Waals surface area (Å²) in [5.41, 5.74) is 4.74. The Morgan fingerprint density at radius 3 is 2.64 bits per heavy atom. The standard InChI is InChI=1S/C16H13BrF3N5O2S/c1-3-25-11(7(17)5-22-25)14(27)24-10-9-6(2)4-8(16(18,19)20)23-15(9)28-12(10)13(21)26/h4-5H,3H2,1-2H3,(H2,21,26)(H,24,27). The minimum atomic E-state index is -4.64. The molecule has 0 saturated heterocycles. The lowest BCUT2D eigenvalue weighted by Crippen LogP contribution is -2.20. The van der Waals surface area contributed by atoms with Gasteiger partial charge in [-0.05, 0) is 41.4 Å². The fraction of sp³-hybridized carbons (Fsp3) is 0.250. The summed E-state index contributed by atoms with van der Waals surface area (Å²) in [4.78, 5) is 28.1. The molecule has 12 heteroatoms. The predicted molar refractivity (Wildman–Crippen MR) is 101 cm³/mol. The Labute approximate surface area is 168 Å². The van der Waals surface area contributed by atoms with Gasteiger partial charge in [-0.2, -0.15) is 18.3 Å². The molecule has 3 rings (SSSR count). The molecular formula is C16H13BrF3N5O2S. The van der Waals surface area contributed by atoms with Crippen LogP contribution in [0.4, 0.5) is 18.9 Å². The van der Waals surface area contributed by atoms with Gasteiger partial charge in [-0.3, -0.25) is 14.3 Å². The topological polar surface area (TPSA) is 103 Å². The van der Waals surface area contributed by atoms with Gasteiger partial charge >= 0.3 is 6.18 Å². The number of carbonyl (C=O) groups is 2. The van der Waals surface area contributed by atoms with Crippen LogP contribution in [-0.2, 0) is 12.7 Å². The SMILES string of the molecule is CCn1ncc(Br)c1C(=O)Nc1c(C(N)=O)sc2nc(C(F)(F)F)cc(C)c12. The molecule has 0 saturated carbocycles. The summed E-state index contributed by atoms with van der Waals surface area (Å²) in [5.74, 6) is -1.47. The largest absolute Gasteiger partial charge is 0.433 e. The highest BCUT2D eigenvalue weighted by atomic mass is 79.9. The average molecular weight is 476 g/mol. The molecule has 3 heterocycles. The second-order valence-corrected chi connectivity index (χ2v) is 7.64. The molecule has 7 nitrogen and oxygen atoms in total. The van der Waals surface area contributed by atoms with Crippen LogP contribution in [0.25, 0.3) is 10.2 Å². The zero-order valence-electron chi connectivity index (χ0n) is 14.5. The van der Waals surface area contributed by atoms with Crippen LogP contribution in [0.2, 0.25) is 0 Å². The summed E-state index contributed by atoms with van der Waals surface area (Å²) in [5, 5.41) is 6.87. The van der Waals surface area contributed by atoms with Gasteiger partial charge in [0.1, 0.15) is 21.1 Å². The molecule has 0 aliphatic carbocycles. The maximum Gasteiger partial charge on any atom is 0.433 e. The number of nitrogens with two attached hydrogens (primary N) is 1. The van der Waals surface area contributed by atoms with E-state index >= 15 is 0 Å². The molecule has 0 aliphatic rings.